The van der Waals surface area contributed by atoms with Gasteiger partial charge in [-0.25, -0.2) is 8.42 Å². The quantitative estimate of drug-likeness (QED) is 0.407. The second-order valence-corrected chi connectivity index (χ2v) is 9.30. The predicted molar refractivity (Wildman–Crippen MR) is 128 cm³/mol. The first-order valence-corrected chi connectivity index (χ1v) is 11.7. The second kappa shape index (κ2) is 10.5. The van der Waals surface area contributed by atoms with Gasteiger partial charge in [-0.1, -0.05) is 60.1 Å². The molecule has 3 rings (SSSR count). The number of benzene rings is 3. The lowest BCUT2D eigenvalue weighted by molar-refractivity contribution is -0.114. The van der Waals surface area contributed by atoms with Crippen LogP contribution in [0.2, 0.25) is 10.0 Å². The molecule has 3 aromatic carbocycles. The van der Waals surface area contributed by atoms with Crippen molar-refractivity contribution < 1.29 is 17.9 Å². The minimum Gasteiger partial charge on any atom is -0.489 e. The van der Waals surface area contributed by atoms with Crippen molar-refractivity contribution in [3.05, 3.63) is 95.5 Å². The second-order valence-electron chi connectivity index (χ2n) is 6.60. The Morgan fingerprint density at radius 3 is 2.50 bits per heavy atom. The first kappa shape index (κ1) is 23.7. The third kappa shape index (κ3) is 5.82. The van der Waals surface area contributed by atoms with Crippen molar-refractivity contribution in [1.82, 2.24) is 0 Å². The van der Waals surface area contributed by atoms with Gasteiger partial charge >= 0.3 is 0 Å². The summed E-state index contributed by atoms with van der Waals surface area (Å²) in [6.07, 6.45) is 1.60. The molecule has 0 saturated heterocycles. The maximum atomic E-state index is 13.4. The Kier molecular flexibility index (Phi) is 7.80. The van der Waals surface area contributed by atoms with Crippen molar-refractivity contribution in [3.8, 4) is 5.75 Å². The average molecular weight is 491 g/mol. The Morgan fingerprint density at radius 2 is 1.78 bits per heavy atom. The van der Waals surface area contributed by atoms with E-state index in [9.17, 15) is 13.2 Å². The molecule has 0 radical (unpaired) electrons. The molecule has 0 unspecified atom stereocenters. The van der Waals surface area contributed by atoms with Gasteiger partial charge in [0.2, 0.25) is 5.91 Å². The fourth-order valence-electron chi connectivity index (χ4n) is 2.85. The summed E-state index contributed by atoms with van der Waals surface area (Å²) in [5.41, 5.74) is 0.548. The number of hydrogen-bond donors (Lipinski definition) is 1. The zero-order valence-electron chi connectivity index (χ0n) is 16.9. The van der Waals surface area contributed by atoms with Crippen LogP contribution in [-0.2, 0) is 14.8 Å². The van der Waals surface area contributed by atoms with Crippen LogP contribution in [0.15, 0.2) is 90.3 Å². The largest absolute Gasteiger partial charge is 0.489 e. The predicted octanol–water partition coefficient (Wildman–Crippen LogP) is 5.39. The molecular weight excluding hydrogens is 471 g/mol. The van der Waals surface area contributed by atoms with Crippen LogP contribution in [0.1, 0.15) is 0 Å². The van der Waals surface area contributed by atoms with Gasteiger partial charge < -0.3 is 10.1 Å². The number of halogens is 2. The van der Waals surface area contributed by atoms with Gasteiger partial charge in [-0.15, -0.1) is 0 Å². The molecule has 32 heavy (non-hydrogen) atoms. The summed E-state index contributed by atoms with van der Waals surface area (Å²) < 4.78 is 33.1. The topological polar surface area (TPSA) is 75.7 Å². The van der Waals surface area contributed by atoms with Crippen molar-refractivity contribution in [2.24, 2.45) is 0 Å². The SMILES string of the molecule is C=CCOc1cccc(NC(=O)CN(c2cc(Cl)ccc2Cl)S(=O)(=O)c2ccccc2)c1. The van der Waals surface area contributed by atoms with E-state index >= 15 is 0 Å². The molecule has 0 saturated carbocycles. The van der Waals surface area contributed by atoms with Crippen LogP contribution in [0.3, 0.4) is 0 Å². The highest BCUT2D eigenvalue weighted by atomic mass is 35.5. The molecule has 0 aliphatic carbocycles. The van der Waals surface area contributed by atoms with E-state index in [2.05, 4.69) is 11.9 Å². The van der Waals surface area contributed by atoms with Gasteiger partial charge in [0.05, 0.1) is 15.6 Å². The number of amides is 1. The van der Waals surface area contributed by atoms with E-state index < -0.39 is 22.5 Å². The van der Waals surface area contributed by atoms with Gasteiger partial charge in [0, 0.05) is 16.8 Å². The first-order chi connectivity index (χ1) is 15.3. The molecule has 0 spiro atoms. The van der Waals surface area contributed by atoms with Crippen molar-refractivity contribution in [3.63, 3.8) is 0 Å². The fourth-order valence-corrected chi connectivity index (χ4v) is 4.73. The van der Waals surface area contributed by atoms with Crippen molar-refractivity contribution in [2.45, 2.75) is 4.90 Å². The lowest BCUT2D eigenvalue weighted by Gasteiger charge is -2.25. The minimum atomic E-state index is -4.11. The third-order valence-corrected chi connectivity index (χ3v) is 6.61. The van der Waals surface area contributed by atoms with Gasteiger partial charge in [0.15, 0.2) is 0 Å². The number of carbonyl (C=O) groups excluding carboxylic acids is 1. The summed E-state index contributed by atoms with van der Waals surface area (Å²) in [4.78, 5) is 12.9. The lowest BCUT2D eigenvalue weighted by atomic mass is 10.3. The van der Waals surface area contributed by atoms with E-state index in [0.29, 0.717) is 18.0 Å². The summed E-state index contributed by atoms with van der Waals surface area (Å²) >= 11 is 12.4. The van der Waals surface area contributed by atoms with Crippen molar-refractivity contribution in [2.75, 3.05) is 22.8 Å². The molecule has 6 nitrogen and oxygen atoms in total. The Bertz CT molecular complexity index is 1220. The Morgan fingerprint density at radius 1 is 1.03 bits per heavy atom. The van der Waals surface area contributed by atoms with E-state index in [1.54, 1.807) is 48.5 Å². The number of hydrogen-bond acceptors (Lipinski definition) is 4. The Balaban J connectivity index is 1.92. The summed E-state index contributed by atoms with van der Waals surface area (Å²) in [5.74, 6) is -0.0317. The lowest BCUT2D eigenvalue weighted by Crippen LogP contribution is -2.38. The fraction of sp³-hybridized carbons (Fsp3) is 0.0870. The number of nitrogens with zero attached hydrogens (tertiary/aromatic N) is 1. The standard InChI is InChI=1S/C23H20Cl2N2O4S/c1-2-13-31-19-8-6-7-18(15-19)26-23(28)16-27(22-14-17(24)11-12-21(22)25)32(29,30)20-9-4-3-5-10-20/h2-12,14-15H,1,13,16H2,(H,26,28). The molecule has 0 atom stereocenters. The maximum Gasteiger partial charge on any atom is 0.264 e. The zero-order chi connectivity index (χ0) is 23.1. The van der Waals surface area contributed by atoms with Gasteiger partial charge in [-0.2, -0.15) is 0 Å². The summed E-state index contributed by atoms with van der Waals surface area (Å²) in [7, 11) is -4.11. The third-order valence-electron chi connectivity index (χ3n) is 4.28. The van der Waals surface area contributed by atoms with Gasteiger partial charge in [-0.05, 0) is 42.5 Å². The summed E-state index contributed by atoms with van der Waals surface area (Å²) in [6.45, 7) is 3.39. The number of carbonyl (C=O) groups is 1. The maximum absolute atomic E-state index is 13.4. The zero-order valence-corrected chi connectivity index (χ0v) is 19.2. The number of rotatable bonds is 9. The normalized spacial score (nSPS) is 10.9. The Labute approximate surface area is 197 Å². The summed E-state index contributed by atoms with van der Waals surface area (Å²) in [6, 6.07) is 18.9. The van der Waals surface area contributed by atoms with Gasteiger partial charge in [0.25, 0.3) is 10.0 Å². The minimum absolute atomic E-state index is 0.0173. The molecule has 0 aliphatic heterocycles. The molecule has 9 heteroatoms. The van der Waals surface area contributed by atoms with E-state index in [1.165, 1.54) is 30.3 Å². The number of nitrogens with one attached hydrogen (secondary N) is 1. The smallest absolute Gasteiger partial charge is 0.264 e. The molecular formula is C23H20Cl2N2O4S. The summed E-state index contributed by atoms with van der Waals surface area (Å²) in [5, 5.41) is 3.11. The van der Waals surface area contributed by atoms with Crippen LogP contribution in [0.5, 0.6) is 5.75 Å². The van der Waals surface area contributed by atoms with Gasteiger partial charge in [0.1, 0.15) is 18.9 Å². The molecule has 1 N–H and O–H groups in total. The van der Waals surface area contributed by atoms with Crippen LogP contribution in [-0.4, -0.2) is 27.5 Å². The van der Waals surface area contributed by atoms with E-state index in [4.69, 9.17) is 27.9 Å². The van der Waals surface area contributed by atoms with Crippen LogP contribution < -0.4 is 14.4 Å². The van der Waals surface area contributed by atoms with Crippen molar-refractivity contribution >= 4 is 50.5 Å². The van der Waals surface area contributed by atoms with Crippen LogP contribution in [0, 0.1) is 0 Å². The van der Waals surface area contributed by atoms with E-state index in [-0.39, 0.29) is 20.6 Å². The molecule has 0 fully saturated rings. The molecule has 166 valence electrons. The highest BCUT2D eigenvalue weighted by molar-refractivity contribution is 7.92. The molecule has 0 aromatic heterocycles. The number of ether oxygens (including phenoxy) is 1. The van der Waals surface area contributed by atoms with Crippen molar-refractivity contribution in [1.29, 1.82) is 0 Å². The van der Waals surface area contributed by atoms with Gasteiger partial charge in [-0.3, -0.25) is 9.10 Å². The van der Waals surface area contributed by atoms with Crippen LogP contribution >= 0.6 is 23.2 Å². The van der Waals surface area contributed by atoms with Crippen LogP contribution in [0.4, 0.5) is 11.4 Å². The van der Waals surface area contributed by atoms with E-state index in [0.717, 1.165) is 4.31 Å². The van der Waals surface area contributed by atoms with E-state index in [1.807, 2.05) is 0 Å². The first-order valence-electron chi connectivity index (χ1n) is 9.47. The highest BCUT2D eigenvalue weighted by Crippen LogP contribution is 2.33. The molecule has 0 heterocycles. The Hall–Kier alpha value is -3.00. The monoisotopic (exact) mass is 490 g/mol. The average Bonchev–Trinajstić information content (AvgIpc) is 2.78. The number of sulfonamides is 1. The van der Waals surface area contributed by atoms with Crippen LogP contribution in [0.25, 0.3) is 0 Å². The molecule has 0 aliphatic rings. The molecule has 1 amide bonds. The number of anilines is 2. The molecule has 0 bridgehead atoms. The molecule has 3 aromatic rings. The highest BCUT2D eigenvalue weighted by Gasteiger charge is 2.29.